The maximum atomic E-state index is 5.61. The van der Waals surface area contributed by atoms with Gasteiger partial charge in [0.2, 0.25) is 5.95 Å². The number of hydrogen-bond donors (Lipinski definition) is 1. The second-order valence-electron chi connectivity index (χ2n) is 4.13. The van der Waals surface area contributed by atoms with Crippen LogP contribution in [0.15, 0.2) is 12.3 Å². The molecule has 0 saturated heterocycles. The zero-order valence-electron chi connectivity index (χ0n) is 9.94. The van der Waals surface area contributed by atoms with Crippen LogP contribution in [0.5, 0.6) is 0 Å². The number of nitrogens with zero attached hydrogens (tertiary/aromatic N) is 3. The molecule has 1 aromatic heterocycles. The SMILES string of the molecule is CC(C)c1ccnc(N(C)C(C)CN)n1. The average Bonchev–Trinajstić information content (AvgIpc) is 2.27. The Labute approximate surface area is 91.5 Å². The van der Waals surface area contributed by atoms with Gasteiger partial charge in [-0.2, -0.15) is 0 Å². The van der Waals surface area contributed by atoms with Gasteiger partial charge in [-0.25, -0.2) is 9.97 Å². The van der Waals surface area contributed by atoms with E-state index in [9.17, 15) is 0 Å². The van der Waals surface area contributed by atoms with Gasteiger partial charge < -0.3 is 10.6 Å². The molecule has 1 aromatic rings. The summed E-state index contributed by atoms with van der Waals surface area (Å²) in [4.78, 5) is 10.8. The highest BCUT2D eigenvalue weighted by Crippen LogP contribution is 2.14. The van der Waals surface area contributed by atoms with Crippen molar-refractivity contribution in [3.8, 4) is 0 Å². The molecule has 0 amide bonds. The molecule has 0 radical (unpaired) electrons. The second-order valence-corrected chi connectivity index (χ2v) is 4.13. The van der Waals surface area contributed by atoms with Gasteiger partial charge in [0, 0.05) is 31.5 Å². The Morgan fingerprint density at radius 3 is 2.60 bits per heavy atom. The van der Waals surface area contributed by atoms with E-state index in [1.165, 1.54) is 0 Å². The molecule has 0 fully saturated rings. The topological polar surface area (TPSA) is 55.0 Å². The Kier molecular flexibility index (Phi) is 4.03. The summed E-state index contributed by atoms with van der Waals surface area (Å²) in [6.07, 6.45) is 1.80. The predicted molar refractivity (Wildman–Crippen MR) is 63.0 cm³/mol. The number of likely N-dealkylation sites (N-methyl/N-ethyl adjacent to an activating group) is 1. The fraction of sp³-hybridized carbons (Fsp3) is 0.636. The summed E-state index contributed by atoms with van der Waals surface area (Å²) in [6.45, 7) is 6.91. The molecule has 2 N–H and O–H groups in total. The first kappa shape index (κ1) is 11.9. The van der Waals surface area contributed by atoms with Crippen molar-refractivity contribution in [1.29, 1.82) is 0 Å². The van der Waals surface area contributed by atoms with Crippen molar-refractivity contribution in [3.05, 3.63) is 18.0 Å². The van der Waals surface area contributed by atoms with Crippen LogP contribution in [-0.4, -0.2) is 29.6 Å². The number of hydrogen-bond acceptors (Lipinski definition) is 4. The zero-order chi connectivity index (χ0) is 11.4. The quantitative estimate of drug-likeness (QED) is 0.812. The van der Waals surface area contributed by atoms with E-state index in [0.29, 0.717) is 12.5 Å². The molecular formula is C11H20N4. The normalized spacial score (nSPS) is 12.9. The molecule has 1 unspecified atom stereocenters. The van der Waals surface area contributed by atoms with E-state index in [-0.39, 0.29) is 6.04 Å². The van der Waals surface area contributed by atoms with E-state index >= 15 is 0 Å². The van der Waals surface area contributed by atoms with Crippen LogP contribution in [0.3, 0.4) is 0 Å². The van der Waals surface area contributed by atoms with Gasteiger partial charge in [0.15, 0.2) is 0 Å². The van der Waals surface area contributed by atoms with Gasteiger partial charge >= 0.3 is 0 Å². The largest absolute Gasteiger partial charge is 0.340 e. The first-order valence-electron chi connectivity index (χ1n) is 5.32. The number of anilines is 1. The van der Waals surface area contributed by atoms with Crippen LogP contribution in [0.1, 0.15) is 32.4 Å². The summed E-state index contributed by atoms with van der Waals surface area (Å²) in [6, 6.07) is 2.21. The molecule has 15 heavy (non-hydrogen) atoms. The van der Waals surface area contributed by atoms with Crippen LogP contribution in [0, 0.1) is 0 Å². The van der Waals surface area contributed by atoms with Gasteiger partial charge in [-0.05, 0) is 18.9 Å². The molecule has 84 valence electrons. The van der Waals surface area contributed by atoms with Crippen LogP contribution in [0.4, 0.5) is 5.95 Å². The third-order valence-corrected chi connectivity index (χ3v) is 2.57. The van der Waals surface area contributed by atoms with Crippen LogP contribution in [0.2, 0.25) is 0 Å². The highest BCUT2D eigenvalue weighted by Gasteiger charge is 2.11. The predicted octanol–water partition coefficient (Wildman–Crippen LogP) is 1.38. The standard InChI is InChI=1S/C11H20N4/c1-8(2)10-5-6-13-11(14-10)15(4)9(3)7-12/h5-6,8-9H,7,12H2,1-4H3. The lowest BCUT2D eigenvalue weighted by molar-refractivity contribution is 0.671. The third kappa shape index (κ3) is 2.89. The maximum absolute atomic E-state index is 5.61. The number of aromatic nitrogens is 2. The Bertz CT molecular complexity index is 311. The minimum Gasteiger partial charge on any atom is -0.340 e. The number of rotatable bonds is 4. The van der Waals surface area contributed by atoms with Crippen LogP contribution < -0.4 is 10.6 Å². The van der Waals surface area contributed by atoms with Crippen LogP contribution in [0.25, 0.3) is 0 Å². The molecule has 0 saturated carbocycles. The molecular weight excluding hydrogens is 188 g/mol. The minimum absolute atomic E-state index is 0.257. The smallest absolute Gasteiger partial charge is 0.225 e. The summed E-state index contributed by atoms with van der Waals surface area (Å²) in [5, 5.41) is 0. The molecule has 4 heteroatoms. The Balaban J connectivity index is 2.90. The maximum Gasteiger partial charge on any atom is 0.225 e. The van der Waals surface area contributed by atoms with Gasteiger partial charge in [0.25, 0.3) is 0 Å². The third-order valence-electron chi connectivity index (χ3n) is 2.57. The zero-order valence-corrected chi connectivity index (χ0v) is 9.94. The summed E-state index contributed by atoms with van der Waals surface area (Å²) >= 11 is 0. The second kappa shape index (κ2) is 5.07. The highest BCUT2D eigenvalue weighted by molar-refractivity contribution is 5.31. The van der Waals surface area contributed by atoms with Crippen LogP contribution >= 0.6 is 0 Å². The van der Waals surface area contributed by atoms with Crippen molar-refractivity contribution in [2.75, 3.05) is 18.5 Å². The monoisotopic (exact) mass is 208 g/mol. The van der Waals surface area contributed by atoms with Crippen molar-refractivity contribution < 1.29 is 0 Å². The molecule has 1 rings (SSSR count). The lowest BCUT2D eigenvalue weighted by atomic mass is 10.1. The summed E-state index contributed by atoms with van der Waals surface area (Å²) in [5.41, 5.74) is 6.68. The Morgan fingerprint density at radius 2 is 2.07 bits per heavy atom. The molecule has 1 heterocycles. The van der Waals surface area contributed by atoms with E-state index in [1.807, 2.05) is 18.0 Å². The van der Waals surface area contributed by atoms with Crippen molar-refractivity contribution in [3.63, 3.8) is 0 Å². The van der Waals surface area contributed by atoms with E-state index < -0.39 is 0 Å². The highest BCUT2D eigenvalue weighted by atomic mass is 15.3. The average molecular weight is 208 g/mol. The lowest BCUT2D eigenvalue weighted by Crippen LogP contribution is -2.36. The van der Waals surface area contributed by atoms with E-state index in [1.54, 1.807) is 6.20 Å². The Hall–Kier alpha value is -1.16. The molecule has 0 aliphatic heterocycles. The van der Waals surface area contributed by atoms with Crippen molar-refractivity contribution in [1.82, 2.24) is 9.97 Å². The molecule has 0 spiro atoms. The van der Waals surface area contributed by atoms with Crippen molar-refractivity contribution in [2.24, 2.45) is 5.73 Å². The number of nitrogens with two attached hydrogens (primary N) is 1. The molecule has 0 aliphatic rings. The van der Waals surface area contributed by atoms with Gasteiger partial charge in [0.05, 0.1) is 0 Å². The van der Waals surface area contributed by atoms with Gasteiger partial charge in [-0.3, -0.25) is 0 Å². The summed E-state index contributed by atoms with van der Waals surface area (Å²) in [5.74, 6) is 1.17. The molecule has 0 aromatic carbocycles. The Morgan fingerprint density at radius 1 is 1.40 bits per heavy atom. The molecule has 0 aliphatic carbocycles. The molecule has 4 nitrogen and oxygen atoms in total. The lowest BCUT2D eigenvalue weighted by Gasteiger charge is -2.23. The van der Waals surface area contributed by atoms with Crippen molar-refractivity contribution >= 4 is 5.95 Å². The summed E-state index contributed by atoms with van der Waals surface area (Å²) < 4.78 is 0. The molecule has 1 atom stereocenters. The first-order chi connectivity index (χ1) is 7.06. The van der Waals surface area contributed by atoms with E-state index in [0.717, 1.165) is 11.6 Å². The van der Waals surface area contributed by atoms with E-state index in [4.69, 9.17) is 5.73 Å². The fourth-order valence-corrected chi connectivity index (χ4v) is 1.21. The van der Waals surface area contributed by atoms with E-state index in [2.05, 4.69) is 30.7 Å². The molecule has 0 bridgehead atoms. The summed E-state index contributed by atoms with van der Waals surface area (Å²) in [7, 11) is 1.97. The minimum atomic E-state index is 0.257. The first-order valence-corrected chi connectivity index (χ1v) is 5.32. The van der Waals surface area contributed by atoms with Gasteiger partial charge in [0.1, 0.15) is 0 Å². The van der Waals surface area contributed by atoms with Gasteiger partial charge in [-0.1, -0.05) is 13.8 Å². The van der Waals surface area contributed by atoms with Crippen molar-refractivity contribution in [2.45, 2.75) is 32.7 Å². The van der Waals surface area contributed by atoms with Crippen LogP contribution in [-0.2, 0) is 0 Å². The van der Waals surface area contributed by atoms with Gasteiger partial charge in [-0.15, -0.1) is 0 Å². The fourth-order valence-electron chi connectivity index (χ4n) is 1.21.